The Kier molecular flexibility index (Phi) is 3.16. The Morgan fingerprint density at radius 3 is 2.61 bits per heavy atom. The van der Waals surface area contributed by atoms with Crippen LogP contribution in [0.2, 0.25) is 5.02 Å². The van der Waals surface area contributed by atoms with Crippen LogP contribution < -0.4 is 14.2 Å². The van der Waals surface area contributed by atoms with Gasteiger partial charge < -0.3 is 19.3 Å². The molecule has 23 heavy (non-hydrogen) atoms. The maximum absolute atomic E-state index is 12.6. The molecule has 0 amide bonds. The lowest BCUT2D eigenvalue weighted by Crippen LogP contribution is -2.19. The predicted molar refractivity (Wildman–Crippen MR) is 83.5 cm³/mol. The standard InChI is InChI=1S/C17H11ClO5/c18-12-4-9(1-2-13(12)19)3-10-7-21-14-6-16-15(22-8-23-16)5-11(14)17(10)20/h1-6,19H,7-8H2/b10-3+. The van der Waals surface area contributed by atoms with Gasteiger partial charge >= 0.3 is 0 Å². The van der Waals surface area contributed by atoms with Crippen molar-refractivity contribution in [1.29, 1.82) is 0 Å². The smallest absolute Gasteiger partial charge is 0.231 e. The van der Waals surface area contributed by atoms with Gasteiger partial charge in [-0.25, -0.2) is 0 Å². The fourth-order valence-electron chi connectivity index (χ4n) is 2.54. The highest BCUT2D eigenvalue weighted by atomic mass is 35.5. The summed E-state index contributed by atoms with van der Waals surface area (Å²) in [6, 6.07) is 8.05. The van der Waals surface area contributed by atoms with Gasteiger partial charge in [0.15, 0.2) is 17.3 Å². The van der Waals surface area contributed by atoms with Crippen LogP contribution in [0.5, 0.6) is 23.0 Å². The first-order valence-electron chi connectivity index (χ1n) is 6.92. The highest BCUT2D eigenvalue weighted by molar-refractivity contribution is 6.32. The van der Waals surface area contributed by atoms with Crippen molar-refractivity contribution in [2.45, 2.75) is 0 Å². The number of hydrogen-bond acceptors (Lipinski definition) is 5. The number of ketones is 1. The van der Waals surface area contributed by atoms with Gasteiger partial charge in [-0.2, -0.15) is 0 Å². The van der Waals surface area contributed by atoms with Gasteiger partial charge in [0.1, 0.15) is 18.1 Å². The first-order valence-corrected chi connectivity index (χ1v) is 7.30. The molecule has 0 atom stereocenters. The van der Waals surface area contributed by atoms with Gasteiger partial charge in [-0.1, -0.05) is 17.7 Å². The van der Waals surface area contributed by atoms with Crippen molar-refractivity contribution >= 4 is 23.5 Å². The average molecular weight is 331 g/mol. The van der Waals surface area contributed by atoms with Crippen LogP contribution in [0.1, 0.15) is 15.9 Å². The van der Waals surface area contributed by atoms with E-state index in [0.717, 1.165) is 0 Å². The second kappa shape index (κ2) is 5.21. The molecule has 4 rings (SSSR count). The van der Waals surface area contributed by atoms with Crippen molar-refractivity contribution in [3.63, 3.8) is 0 Å². The fourth-order valence-corrected chi connectivity index (χ4v) is 2.72. The lowest BCUT2D eigenvalue weighted by molar-refractivity contribution is 0.100. The molecular weight excluding hydrogens is 320 g/mol. The summed E-state index contributed by atoms with van der Waals surface area (Å²) in [7, 11) is 0. The summed E-state index contributed by atoms with van der Waals surface area (Å²) >= 11 is 5.89. The van der Waals surface area contributed by atoms with Crippen LogP contribution in [-0.2, 0) is 0 Å². The molecule has 0 radical (unpaired) electrons. The van der Waals surface area contributed by atoms with E-state index in [1.165, 1.54) is 6.07 Å². The van der Waals surface area contributed by atoms with Crippen LogP contribution in [0.15, 0.2) is 35.9 Å². The molecule has 0 aromatic heterocycles. The minimum atomic E-state index is -0.131. The fraction of sp³-hybridized carbons (Fsp3) is 0.118. The van der Waals surface area contributed by atoms with Crippen LogP contribution >= 0.6 is 11.6 Å². The van der Waals surface area contributed by atoms with Gasteiger partial charge in [0, 0.05) is 11.6 Å². The lowest BCUT2D eigenvalue weighted by atomic mass is 9.98. The molecule has 0 saturated carbocycles. The Morgan fingerprint density at radius 1 is 1.04 bits per heavy atom. The molecule has 2 heterocycles. The van der Waals surface area contributed by atoms with Crippen molar-refractivity contribution < 1.29 is 24.1 Å². The monoisotopic (exact) mass is 330 g/mol. The minimum absolute atomic E-state index is 0.00176. The summed E-state index contributed by atoms with van der Waals surface area (Å²) < 4.78 is 16.2. The molecule has 0 unspecified atom stereocenters. The van der Waals surface area contributed by atoms with E-state index < -0.39 is 0 Å². The largest absolute Gasteiger partial charge is 0.506 e. The van der Waals surface area contributed by atoms with Crippen LogP contribution in [0, 0.1) is 0 Å². The van der Waals surface area contributed by atoms with E-state index in [0.29, 0.717) is 33.9 Å². The van der Waals surface area contributed by atoms with E-state index in [2.05, 4.69) is 0 Å². The number of phenols is 1. The quantitative estimate of drug-likeness (QED) is 0.811. The van der Waals surface area contributed by atoms with Gasteiger partial charge in [-0.15, -0.1) is 0 Å². The molecule has 2 aliphatic rings. The van der Waals surface area contributed by atoms with Crippen molar-refractivity contribution in [1.82, 2.24) is 0 Å². The van der Waals surface area contributed by atoms with Crippen LogP contribution in [-0.4, -0.2) is 24.3 Å². The van der Waals surface area contributed by atoms with E-state index >= 15 is 0 Å². The van der Waals surface area contributed by atoms with Gasteiger partial charge in [0.25, 0.3) is 0 Å². The number of phenolic OH excluding ortho intramolecular Hbond substituents is 1. The van der Waals surface area contributed by atoms with Gasteiger partial charge in [-0.05, 0) is 29.8 Å². The Bertz CT molecular complexity index is 856. The number of hydrogen-bond donors (Lipinski definition) is 1. The van der Waals surface area contributed by atoms with E-state index in [-0.39, 0.29) is 30.0 Å². The molecule has 1 N–H and O–H groups in total. The Balaban J connectivity index is 1.71. The van der Waals surface area contributed by atoms with Crippen LogP contribution in [0.4, 0.5) is 0 Å². The summed E-state index contributed by atoms with van der Waals surface area (Å²) in [5.74, 6) is 1.47. The molecule has 0 saturated heterocycles. The molecule has 2 aromatic rings. The number of benzene rings is 2. The zero-order chi connectivity index (χ0) is 16.0. The molecule has 0 spiro atoms. The second-order valence-electron chi connectivity index (χ2n) is 5.20. The highest BCUT2D eigenvalue weighted by Gasteiger charge is 2.27. The third kappa shape index (κ3) is 2.39. The zero-order valence-electron chi connectivity index (χ0n) is 11.8. The zero-order valence-corrected chi connectivity index (χ0v) is 12.6. The molecule has 0 bridgehead atoms. The topological polar surface area (TPSA) is 65.0 Å². The molecule has 2 aromatic carbocycles. The molecule has 6 heteroatoms. The molecule has 0 aliphatic carbocycles. The van der Waals surface area contributed by atoms with Gasteiger partial charge in [-0.3, -0.25) is 4.79 Å². The molecular formula is C17H11ClO5. The Labute approximate surface area is 136 Å². The van der Waals surface area contributed by atoms with Crippen molar-refractivity contribution in [3.05, 3.63) is 52.1 Å². The van der Waals surface area contributed by atoms with Crippen LogP contribution in [0.3, 0.4) is 0 Å². The van der Waals surface area contributed by atoms with Gasteiger partial charge in [0.2, 0.25) is 6.79 Å². The number of aromatic hydroxyl groups is 1. The molecule has 116 valence electrons. The number of carbonyl (C=O) groups is 1. The Hall–Kier alpha value is -2.66. The first-order chi connectivity index (χ1) is 11.1. The summed E-state index contributed by atoms with van der Waals surface area (Å²) in [6.45, 7) is 0.297. The van der Waals surface area contributed by atoms with Crippen molar-refractivity contribution in [2.24, 2.45) is 0 Å². The number of fused-ring (bicyclic) bond motifs is 2. The summed E-state index contributed by atoms with van der Waals surface area (Å²) in [5, 5.41) is 9.68. The molecule has 0 fully saturated rings. The van der Waals surface area contributed by atoms with Crippen LogP contribution in [0.25, 0.3) is 6.08 Å². The van der Waals surface area contributed by atoms with Crippen molar-refractivity contribution in [2.75, 3.05) is 13.4 Å². The number of carbonyl (C=O) groups excluding carboxylic acids is 1. The third-order valence-corrected chi connectivity index (χ3v) is 4.01. The average Bonchev–Trinajstić information content (AvgIpc) is 2.99. The number of rotatable bonds is 1. The van der Waals surface area contributed by atoms with E-state index in [1.54, 1.807) is 30.3 Å². The van der Waals surface area contributed by atoms with Crippen molar-refractivity contribution in [3.8, 4) is 23.0 Å². The summed E-state index contributed by atoms with van der Waals surface area (Å²) in [6.07, 6.45) is 1.70. The van der Waals surface area contributed by atoms with Gasteiger partial charge in [0.05, 0.1) is 10.6 Å². The molecule has 2 aliphatic heterocycles. The minimum Gasteiger partial charge on any atom is -0.506 e. The molecule has 5 nitrogen and oxygen atoms in total. The SMILES string of the molecule is O=C1/C(=C/c2ccc(O)c(Cl)c2)COc2cc3c(cc21)OCO3. The number of ether oxygens (including phenoxy) is 3. The summed E-state index contributed by atoms with van der Waals surface area (Å²) in [4.78, 5) is 12.6. The predicted octanol–water partition coefficient (Wildman–Crippen LogP) is 3.43. The first kappa shape index (κ1) is 14.0. The maximum atomic E-state index is 12.6. The maximum Gasteiger partial charge on any atom is 0.231 e. The second-order valence-corrected chi connectivity index (χ2v) is 5.61. The Morgan fingerprint density at radius 2 is 1.83 bits per heavy atom. The normalized spacial score (nSPS) is 17.1. The number of Topliss-reactive ketones (excluding diaryl/α,β-unsaturated/α-hetero) is 1. The third-order valence-electron chi connectivity index (χ3n) is 3.71. The lowest BCUT2D eigenvalue weighted by Gasteiger charge is -2.19. The van der Waals surface area contributed by atoms with E-state index in [1.807, 2.05) is 0 Å². The number of halogens is 1. The van der Waals surface area contributed by atoms with E-state index in [9.17, 15) is 9.90 Å². The highest BCUT2D eigenvalue weighted by Crippen LogP contribution is 2.40. The summed E-state index contributed by atoms with van der Waals surface area (Å²) in [5.41, 5.74) is 1.65. The van der Waals surface area contributed by atoms with E-state index in [4.69, 9.17) is 25.8 Å².